The SMILES string of the molecule is CCC(CC)CNCc1ccc2c(c1)CCCN2. The molecule has 0 amide bonds. The van der Waals surface area contributed by atoms with Gasteiger partial charge < -0.3 is 10.6 Å². The topological polar surface area (TPSA) is 24.1 Å². The minimum absolute atomic E-state index is 0.823. The molecule has 1 aliphatic heterocycles. The molecule has 0 bridgehead atoms. The molecule has 100 valence electrons. The summed E-state index contributed by atoms with van der Waals surface area (Å²) >= 11 is 0. The van der Waals surface area contributed by atoms with Crippen LogP contribution >= 0.6 is 0 Å². The molecule has 2 nitrogen and oxygen atoms in total. The molecule has 0 saturated carbocycles. The summed E-state index contributed by atoms with van der Waals surface area (Å²) < 4.78 is 0. The molecule has 1 heterocycles. The summed E-state index contributed by atoms with van der Waals surface area (Å²) in [4.78, 5) is 0. The third-order valence-electron chi connectivity index (χ3n) is 4.02. The van der Waals surface area contributed by atoms with E-state index in [2.05, 4.69) is 42.7 Å². The lowest BCUT2D eigenvalue weighted by molar-refractivity contribution is 0.449. The summed E-state index contributed by atoms with van der Waals surface area (Å²) in [7, 11) is 0. The highest BCUT2D eigenvalue weighted by Gasteiger charge is 2.08. The van der Waals surface area contributed by atoms with E-state index in [1.54, 1.807) is 0 Å². The normalized spacial score (nSPS) is 14.4. The Morgan fingerprint density at radius 3 is 2.89 bits per heavy atom. The van der Waals surface area contributed by atoms with Crippen LogP contribution in [-0.4, -0.2) is 13.1 Å². The maximum atomic E-state index is 3.59. The van der Waals surface area contributed by atoms with Crippen molar-refractivity contribution in [3.8, 4) is 0 Å². The van der Waals surface area contributed by atoms with Crippen molar-refractivity contribution < 1.29 is 0 Å². The first-order valence-electron chi connectivity index (χ1n) is 7.39. The third-order valence-corrected chi connectivity index (χ3v) is 4.02. The molecule has 0 fully saturated rings. The van der Waals surface area contributed by atoms with E-state index in [1.165, 1.54) is 42.5 Å². The lowest BCUT2D eigenvalue weighted by Crippen LogP contribution is -2.22. The van der Waals surface area contributed by atoms with Crippen LogP contribution in [0.5, 0.6) is 0 Å². The van der Waals surface area contributed by atoms with Gasteiger partial charge in [-0.1, -0.05) is 38.8 Å². The number of rotatable bonds is 6. The van der Waals surface area contributed by atoms with Gasteiger partial charge in [0.05, 0.1) is 0 Å². The highest BCUT2D eigenvalue weighted by atomic mass is 14.9. The van der Waals surface area contributed by atoms with Crippen molar-refractivity contribution in [3.05, 3.63) is 29.3 Å². The fraction of sp³-hybridized carbons (Fsp3) is 0.625. The predicted molar refractivity (Wildman–Crippen MR) is 79.0 cm³/mol. The average molecular weight is 246 g/mol. The largest absolute Gasteiger partial charge is 0.385 e. The molecule has 0 atom stereocenters. The molecule has 2 heteroatoms. The number of hydrogen-bond acceptors (Lipinski definition) is 2. The van der Waals surface area contributed by atoms with Gasteiger partial charge >= 0.3 is 0 Å². The third kappa shape index (κ3) is 3.49. The van der Waals surface area contributed by atoms with Gasteiger partial charge in [-0.15, -0.1) is 0 Å². The van der Waals surface area contributed by atoms with Crippen LogP contribution < -0.4 is 10.6 Å². The van der Waals surface area contributed by atoms with Crippen molar-refractivity contribution in [2.45, 2.75) is 46.1 Å². The van der Waals surface area contributed by atoms with Crippen LogP contribution in [0.1, 0.15) is 44.2 Å². The van der Waals surface area contributed by atoms with Crippen molar-refractivity contribution in [3.63, 3.8) is 0 Å². The molecular weight excluding hydrogens is 220 g/mol. The molecule has 1 aliphatic rings. The average Bonchev–Trinajstić information content (AvgIpc) is 2.43. The second kappa shape index (κ2) is 6.79. The Morgan fingerprint density at radius 2 is 2.11 bits per heavy atom. The molecular formula is C16H26N2. The van der Waals surface area contributed by atoms with Crippen LogP contribution in [-0.2, 0) is 13.0 Å². The second-order valence-electron chi connectivity index (χ2n) is 5.34. The molecule has 0 spiro atoms. The molecule has 1 aromatic carbocycles. The quantitative estimate of drug-likeness (QED) is 0.802. The van der Waals surface area contributed by atoms with Crippen molar-refractivity contribution in [2.75, 3.05) is 18.4 Å². The highest BCUT2D eigenvalue weighted by Crippen LogP contribution is 2.22. The number of anilines is 1. The smallest absolute Gasteiger partial charge is 0.0372 e. The molecule has 0 aromatic heterocycles. The Morgan fingerprint density at radius 1 is 1.28 bits per heavy atom. The van der Waals surface area contributed by atoms with Gasteiger partial charge in [0.25, 0.3) is 0 Å². The van der Waals surface area contributed by atoms with E-state index >= 15 is 0 Å². The summed E-state index contributed by atoms with van der Waals surface area (Å²) in [6.45, 7) is 7.83. The number of benzene rings is 1. The van der Waals surface area contributed by atoms with Crippen LogP contribution in [0.15, 0.2) is 18.2 Å². The number of hydrogen-bond donors (Lipinski definition) is 2. The summed E-state index contributed by atoms with van der Waals surface area (Å²) in [5.41, 5.74) is 4.25. The fourth-order valence-corrected chi connectivity index (χ4v) is 2.64. The van der Waals surface area contributed by atoms with Gasteiger partial charge in [0.15, 0.2) is 0 Å². The van der Waals surface area contributed by atoms with Crippen molar-refractivity contribution >= 4 is 5.69 Å². The van der Waals surface area contributed by atoms with Crippen LogP contribution in [0.3, 0.4) is 0 Å². The Bertz CT molecular complexity index is 369. The molecule has 1 aromatic rings. The van der Waals surface area contributed by atoms with Gasteiger partial charge in [-0.2, -0.15) is 0 Å². The minimum Gasteiger partial charge on any atom is -0.385 e. The molecule has 0 unspecified atom stereocenters. The summed E-state index contributed by atoms with van der Waals surface area (Å²) in [5, 5.41) is 7.05. The Hall–Kier alpha value is -1.02. The van der Waals surface area contributed by atoms with E-state index in [-0.39, 0.29) is 0 Å². The molecule has 0 aliphatic carbocycles. The van der Waals surface area contributed by atoms with E-state index in [1.807, 2.05) is 0 Å². The number of aryl methyl sites for hydroxylation is 1. The van der Waals surface area contributed by atoms with Gasteiger partial charge in [0.1, 0.15) is 0 Å². The second-order valence-corrected chi connectivity index (χ2v) is 5.34. The Balaban J connectivity index is 1.86. The van der Waals surface area contributed by atoms with Gasteiger partial charge in [0, 0.05) is 18.8 Å². The van der Waals surface area contributed by atoms with E-state index in [4.69, 9.17) is 0 Å². The first-order chi connectivity index (χ1) is 8.83. The van der Waals surface area contributed by atoms with Crippen LogP contribution in [0.25, 0.3) is 0 Å². The van der Waals surface area contributed by atoms with E-state index in [9.17, 15) is 0 Å². The van der Waals surface area contributed by atoms with Crippen molar-refractivity contribution in [1.82, 2.24) is 5.32 Å². The maximum Gasteiger partial charge on any atom is 0.0372 e. The Labute approximate surface area is 111 Å². The van der Waals surface area contributed by atoms with Gasteiger partial charge in [0.2, 0.25) is 0 Å². The van der Waals surface area contributed by atoms with E-state index in [0.717, 1.165) is 25.6 Å². The first kappa shape index (κ1) is 13.4. The molecule has 2 rings (SSSR count). The van der Waals surface area contributed by atoms with E-state index < -0.39 is 0 Å². The standard InChI is InChI=1S/C16H26N2/c1-3-13(4-2)11-17-12-14-7-8-16-15(10-14)6-5-9-18-16/h7-8,10,13,17-18H,3-6,9,11-12H2,1-2H3. The lowest BCUT2D eigenvalue weighted by atomic mass is 10.0. The van der Waals surface area contributed by atoms with Crippen LogP contribution in [0.4, 0.5) is 5.69 Å². The van der Waals surface area contributed by atoms with Gasteiger partial charge in [-0.3, -0.25) is 0 Å². The zero-order chi connectivity index (χ0) is 12.8. The molecule has 0 saturated heterocycles. The van der Waals surface area contributed by atoms with Gasteiger partial charge in [-0.25, -0.2) is 0 Å². The van der Waals surface area contributed by atoms with E-state index in [0.29, 0.717) is 0 Å². The zero-order valence-corrected chi connectivity index (χ0v) is 11.8. The number of fused-ring (bicyclic) bond motifs is 1. The summed E-state index contributed by atoms with van der Waals surface area (Å²) in [6, 6.07) is 6.85. The summed E-state index contributed by atoms with van der Waals surface area (Å²) in [6.07, 6.45) is 5.04. The Kier molecular flexibility index (Phi) is 5.06. The molecule has 18 heavy (non-hydrogen) atoms. The number of nitrogens with one attached hydrogen (secondary N) is 2. The monoisotopic (exact) mass is 246 g/mol. The summed E-state index contributed by atoms with van der Waals surface area (Å²) in [5.74, 6) is 0.823. The minimum atomic E-state index is 0.823. The van der Waals surface area contributed by atoms with Crippen molar-refractivity contribution in [2.24, 2.45) is 5.92 Å². The zero-order valence-electron chi connectivity index (χ0n) is 11.8. The van der Waals surface area contributed by atoms with Crippen LogP contribution in [0.2, 0.25) is 0 Å². The lowest BCUT2D eigenvalue weighted by Gasteiger charge is -2.19. The van der Waals surface area contributed by atoms with Crippen LogP contribution in [0, 0.1) is 5.92 Å². The molecule has 0 radical (unpaired) electrons. The fourth-order valence-electron chi connectivity index (χ4n) is 2.64. The van der Waals surface area contributed by atoms with Gasteiger partial charge in [-0.05, 0) is 42.5 Å². The highest BCUT2D eigenvalue weighted by molar-refractivity contribution is 5.54. The molecule has 2 N–H and O–H groups in total. The van der Waals surface area contributed by atoms with Crippen molar-refractivity contribution in [1.29, 1.82) is 0 Å². The first-order valence-corrected chi connectivity index (χ1v) is 7.39. The maximum absolute atomic E-state index is 3.59. The predicted octanol–water partition coefficient (Wildman–Crippen LogP) is 3.57.